The van der Waals surface area contributed by atoms with Gasteiger partial charge in [0.2, 0.25) is 5.91 Å². The van der Waals surface area contributed by atoms with E-state index in [-0.39, 0.29) is 0 Å². The molecule has 0 unspecified atom stereocenters. The van der Waals surface area contributed by atoms with Crippen molar-refractivity contribution in [1.82, 2.24) is 0 Å². The summed E-state index contributed by atoms with van der Waals surface area (Å²) in [7, 11) is 3.01. The average Bonchev–Trinajstić information content (AvgIpc) is 2.17. The molecule has 0 atom stereocenters. The van der Waals surface area contributed by atoms with Gasteiger partial charge >= 0.3 is 0 Å². The molecule has 1 aromatic rings. The lowest BCUT2D eigenvalue weighted by molar-refractivity contribution is 0.0999. The third kappa shape index (κ3) is 1.98. The highest BCUT2D eigenvalue weighted by Crippen LogP contribution is 2.35. The fourth-order valence-electron chi connectivity index (χ4n) is 1.01. The number of primary amides is 1. The van der Waals surface area contributed by atoms with Crippen LogP contribution in [0.25, 0.3) is 0 Å². The number of halogens is 1. The van der Waals surface area contributed by atoms with Crippen molar-refractivity contribution in [3.05, 3.63) is 22.2 Å². The van der Waals surface area contributed by atoms with Crippen molar-refractivity contribution >= 4 is 21.8 Å². The van der Waals surface area contributed by atoms with E-state index in [0.717, 1.165) is 0 Å². The molecule has 0 aliphatic heterocycles. The van der Waals surface area contributed by atoms with Crippen LogP contribution in [-0.4, -0.2) is 20.1 Å². The predicted molar refractivity (Wildman–Crippen MR) is 55.8 cm³/mol. The van der Waals surface area contributed by atoms with E-state index in [1.54, 1.807) is 12.1 Å². The minimum Gasteiger partial charge on any atom is -0.495 e. The normalized spacial score (nSPS) is 9.64. The molecule has 0 saturated carbocycles. The largest absolute Gasteiger partial charge is 0.495 e. The molecule has 0 aliphatic rings. The number of nitrogens with two attached hydrogens (primary N) is 1. The van der Waals surface area contributed by atoms with Gasteiger partial charge in [0.25, 0.3) is 0 Å². The highest BCUT2D eigenvalue weighted by molar-refractivity contribution is 9.10. The first-order chi connectivity index (χ1) is 6.60. The Morgan fingerprint density at radius 3 is 2.00 bits per heavy atom. The van der Waals surface area contributed by atoms with E-state index in [2.05, 4.69) is 15.9 Å². The number of carbonyl (C=O) groups is 1. The van der Waals surface area contributed by atoms with Crippen molar-refractivity contribution in [2.24, 2.45) is 5.73 Å². The molecule has 1 rings (SSSR count). The minimum atomic E-state index is -0.519. The third-order valence-electron chi connectivity index (χ3n) is 1.73. The summed E-state index contributed by atoms with van der Waals surface area (Å²) in [5, 5.41) is 0. The second-order valence-corrected chi connectivity index (χ2v) is 3.35. The Balaban J connectivity index is 3.32. The molecule has 0 aromatic heterocycles. The van der Waals surface area contributed by atoms with Gasteiger partial charge < -0.3 is 15.2 Å². The SMILES string of the molecule is COc1cc(C(N)=O)cc(OC)c1Br. The van der Waals surface area contributed by atoms with Crippen LogP contribution in [0.2, 0.25) is 0 Å². The van der Waals surface area contributed by atoms with Crippen molar-refractivity contribution in [1.29, 1.82) is 0 Å². The highest BCUT2D eigenvalue weighted by Gasteiger charge is 2.12. The zero-order chi connectivity index (χ0) is 10.7. The zero-order valence-electron chi connectivity index (χ0n) is 7.83. The van der Waals surface area contributed by atoms with Crippen LogP contribution in [-0.2, 0) is 0 Å². The molecule has 2 N–H and O–H groups in total. The van der Waals surface area contributed by atoms with Gasteiger partial charge in [-0.3, -0.25) is 4.79 Å². The number of amides is 1. The predicted octanol–water partition coefficient (Wildman–Crippen LogP) is 1.57. The van der Waals surface area contributed by atoms with Crippen LogP contribution >= 0.6 is 15.9 Å². The van der Waals surface area contributed by atoms with Gasteiger partial charge in [-0.1, -0.05) is 0 Å². The minimum absolute atomic E-state index is 0.349. The van der Waals surface area contributed by atoms with Gasteiger partial charge in [0.15, 0.2) is 0 Å². The summed E-state index contributed by atoms with van der Waals surface area (Å²) in [6.07, 6.45) is 0. The third-order valence-corrected chi connectivity index (χ3v) is 2.51. The first kappa shape index (κ1) is 10.8. The van der Waals surface area contributed by atoms with E-state index in [1.807, 2.05) is 0 Å². The molecule has 1 aromatic carbocycles. The molecule has 14 heavy (non-hydrogen) atoms. The molecule has 0 aliphatic carbocycles. The van der Waals surface area contributed by atoms with Crippen molar-refractivity contribution in [2.75, 3.05) is 14.2 Å². The summed E-state index contributed by atoms with van der Waals surface area (Å²) in [4.78, 5) is 10.9. The summed E-state index contributed by atoms with van der Waals surface area (Å²) in [6.45, 7) is 0. The Hall–Kier alpha value is -1.23. The lowest BCUT2D eigenvalue weighted by Gasteiger charge is -2.09. The van der Waals surface area contributed by atoms with Gasteiger partial charge in [-0.05, 0) is 28.1 Å². The first-order valence-corrected chi connectivity index (χ1v) is 4.60. The fraction of sp³-hybridized carbons (Fsp3) is 0.222. The van der Waals surface area contributed by atoms with E-state index in [0.29, 0.717) is 21.5 Å². The molecule has 0 saturated heterocycles. The maximum Gasteiger partial charge on any atom is 0.248 e. The average molecular weight is 260 g/mol. The molecule has 76 valence electrons. The van der Waals surface area contributed by atoms with Gasteiger partial charge in [-0.25, -0.2) is 0 Å². The Morgan fingerprint density at radius 2 is 1.71 bits per heavy atom. The molecule has 0 heterocycles. The number of methoxy groups -OCH3 is 2. The number of hydrogen-bond acceptors (Lipinski definition) is 3. The van der Waals surface area contributed by atoms with Crippen LogP contribution in [0.5, 0.6) is 11.5 Å². The number of carbonyl (C=O) groups excluding carboxylic acids is 1. The number of benzene rings is 1. The fourth-order valence-corrected chi connectivity index (χ4v) is 1.56. The van der Waals surface area contributed by atoms with Crippen LogP contribution in [0.4, 0.5) is 0 Å². The molecule has 0 fully saturated rings. The summed E-state index contributed by atoms with van der Waals surface area (Å²) in [6, 6.07) is 3.10. The van der Waals surface area contributed by atoms with E-state index < -0.39 is 5.91 Å². The molecule has 1 amide bonds. The Labute approximate surface area is 90.1 Å². The Morgan fingerprint density at radius 1 is 1.29 bits per heavy atom. The van der Waals surface area contributed by atoms with Crippen LogP contribution in [0.3, 0.4) is 0 Å². The van der Waals surface area contributed by atoms with E-state index >= 15 is 0 Å². The quantitative estimate of drug-likeness (QED) is 0.897. The monoisotopic (exact) mass is 259 g/mol. The molecule has 0 spiro atoms. The maximum atomic E-state index is 10.9. The van der Waals surface area contributed by atoms with Gasteiger partial charge in [-0.15, -0.1) is 0 Å². The van der Waals surface area contributed by atoms with Gasteiger partial charge in [0.1, 0.15) is 16.0 Å². The van der Waals surface area contributed by atoms with Crippen molar-refractivity contribution in [3.8, 4) is 11.5 Å². The highest BCUT2D eigenvalue weighted by atomic mass is 79.9. The first-order valence-electron chi connectivity index (χ1n) is 3.81. The maximum absolute atomic E-state index is 10.9. The second-order valence-electron chi connectivity index (χ2n) is 2.56. The lowest BCUT2D eigenvalue weighted by Crippen LogP contribution is -2.11. The Bertz CT molecular complexity index is 340. The van der Waals surface area contributed by atoms with E-state index in [4.69, 9.17) is 15.2 Å². The van der Waals surface area contributed by atoms with E-state index in [9.17, 15) is 4.79 Å². The molecule has 0 bridgehead atoms. The molecular weight excluding hydrogens is 250 g/mol. The molecular formula is C9H10BrNO3. The van der Waals surface area contributed by atoms with Crippen LogP contribution in [0.15, 0.2) is 16.6 Å². The lowest BCUT2D eigenvalue weighted by atomic mass is 10.2. The summed E-state index contributed by atoms with van der Waals surface area (Å²) < 4.78 is 10.7. The summed E-state index contributed by atoms with van der Waals surface area (Å²) in [5.41, 5.74) is 5.49. The smallest absolute Gasteiger partial charge is 0.248 e. The Kier molecular flexibility index (Phi) is 3.35. The summed E-state index contributed by atoms with van der Waals surface area (Å²) in [5.74, 6) is 0.505. The zero-order valence-corrected chi connectivity index (χ0v) is 9.42. The van der Waals surface area contributed by atoms with E-state index in [1.165, 1.54) is 14.2 Å². The van der Waals surface area contributed by atoms with Crippen LogP contribution < -0.4 is 15.2 Å². The van der Waals surface area contributed by atoms with Crippen molar-refractivity contribution < 1.29 is 14.3 Å². The second kappa shape index (κ2) is 4.32. The van der Waals surface area contributed by atoms with Gasteiger partial charge in [0.05, 0.1) is 14.2 Å². The number of hydrogen-bond donors (Lipinski definition) is 1. The van der Waals surface area contributed by atoms with Gasteiger partial charge in [-0.2, -0.15) is 0 Å². The van der Waals surface area contributed by atoms with Gasteiger partial charge in [0, 0.05) is 5.56 Å². The molecule has 0 radical (unpaired) electrons. The van der Waals surface area contributed by atoms with Crippen molar-refractivity contribution in [3.63, 3.8) is 0 Å². The van der Waals surface area contributed by atoms with Crippen LogP contribution in [0, 0.1) is 0 Å². The number of ether oxygens (including phenoxy) is 2. The van der Waals surface area contributed by atoms with Crippen molar-refractivity contribution in [2.45, 2.75) is 0 Å². The summed E-state index contributed by atoms with van der Waals surface area (Å²) >= 11 is 3.28. The topological polar surface area (TPSA) is 61.5 Å². The number of rotatable bonds is 3. The van der Waals surface area contributed by atoms with Crippen LogP contribution in [0.1, 0.15) is 10.4 Å². The molecule has 4 nitrogen and oxygen atoms in total. The standard InChI is InChI=1S/C9H10BrNO3/c1-13-6-3-5(9(11)12)4-7(14-2)8(6)10/h3-4H,1-2H3,(H2,11,12). The molecule has 5 heteroatoms.